The van der Waals surface area contributed by atoms with E-state index in [-0.39, 0.29) is 11.4 Å². The molecule has 1 aromatic carbocycles. The highest BCUT2D eigenvalue weighted by atomic mass is 16.2. The second-order valence-corrected chi connectivity index (χ2v) is 5.87. The number of hydrogen-bond acceptors (Lipinski definition) is 3. The molecule has 0 unspecified atom stereocenters. The minimum absolute atomic E-state index is 0.0261. The van der Waals surface area contributed by atoms with Gasteiger partial charge >= 0.3 is 0 Å². The largest absolute Gasteiger partial charge is 0.328 e. The van der Waals surface area contributed by atoms with Gasteiger partial charge in [-0.3, -0.25) is 9.80 Å². The van der Waals surface area contributed by atoms with Gasteiger partial charge in [0.15, 0.2) is 0 Å². The van der Waals surface area contributed by atoms with E-state index in [9.17, 15) is 4.79 Å². The van der Waals surface area contributed by atoms with Crippen LogP contribution in [0.4, 0.5) is 0 Å². The van der Waals surface area contributed by atoms with Gasteiger partial charge in [0.2, 0.25) is 5.91 Å². The lowest BCUT2D eigenvalue weighted by Gasteiger charge is -2.36. The molecule has 1 amide bonds. The molecular formula is C15H21N3O. The lowest BCUT2D eigenvalue weighted by atomic mass is 9.79. The molecule has 3 N–H and O–H groups in total. The Kier molecular flexibility index (Phi) is 3.29. The van der Waals surface area contributed by atoms with Gasteiger partial charge in [0.05, 0.1) is 6.54 Å². The van der Waals surface area contributed by atoms with Gasteiger partial charge in [-0.05, 0) is 31.2 Å². The fourth-order valence-corrected chi connectivity index (χ4v) is 3.15. The number of amides is 1. The zero-order chi connectivity index (χ0) is 13.3. The quantitative estimate of drug-likeness (QED) is 0.847. The van der Waals surface area contributed by atoms with Crippen LogP contribution in [-0.4, -0.2) is 22.5 Å². The molecular weight excluding hydrogens is 238 g/mol. The highest BCUT2D eigenvalue weighted by Crippen LogP contribution is 2.35. The number of carbonyl (C=O) groups is 1. The molecule has 4 heteroatoms. The highest BCUT2D eigenvalue weighted by molar-refractivity contribution is 5.79. The number of nitrogens with two attached hydrogens (primary N) is 1. The highest BCUT2D eigenvalue weighted by Gasteiger charge is 2.44. The van der Waals surface area contributed by atoms with Crippen LogP contribution >= 0.6 is 0 Å². The maximum atomic E-state index is 12.2. The second kappa shape index (κ2) is 4.94. The third-order valence-electron chi connectivity index (χ3n) is 4.33. The predicted molar refractivity (Wildman–Crippen MR) is 73.9 cm³/mol. The minimum atomic E-state index is -0.0261. The van der Waals surface area contributed by atoms with Crippen molar-refractivity contribution in [2.45, 2.75) is 50.2 Å². The molecule has 1 spiro atoms. The van der Waals surface area contributed by atoms with Crippen molar-refractivity contribution in [1.29, 1.82) is 0 Å². The molecule has 1 aliphatic heterocycles. The van der Waals surface area contributed by atoms with Crippen molar-refractivity contribution in [3.8, 4) is 0 Å². The van der Waals surface area contributed by atoms with Crippen molar-refractivity contribution in [2.24, 2.45) is 5.73 Å². The van der Waals surface area contributed by atoms with Crippen molar-refractivity contribution in [3.63, 3.8) is 0 Å². The van der Waals surface area contributed by atoms with Crippen LogP contribution in [0.25, 0.3) is 0 Å². The summed E-state index contributed by atoms with van der Waals surface area (Å²) in [5.41, 5.74) is 10.5. The van der Waals surface area contributed by atoms with Gasteiger partial charge in [-0.1, -0.05) is 30.3 Å². The number of hydrazine groups is 1. The summed E-state index contributed by atoms with van der Waals surface area (Å²) in [6, 6.07) is 10.4. The first-order valence-electron chi connectivity index (χ1n) is 7.05. The summed E-state index contributed by atoms with van der Waals surface area (Å²) >= 11 is 0. The average molecular weight is 259 g/mol. The molecule has 0 radical (unpaired) electrons. The van der Waals surface area contributed by atoms with Crippen LogP contribution in [0.15, 0.2) is 30.3 Å². The SMILES string of the molecule is NC1CCC2(CC1)CC(=O)N(Cc1ccccc1)N2. The number of nitrogens with zero attached hydrogens (tertiary/aromatic N) is 1. The van der Waals surface area contributed by atoms with Gasteiger partial charge in [0.1, 0.15) is 0 Å². The van der Waals surface area contributed by atoms with Crippen molar-refractivity contribution < 1.29 is 4.79 Å². The number of nitrogens with one attached hydrogen (secondary N) is 1. The smallest absolute Gasteiger partial charge is 0.238 e. The minimum Gasteiger partial charge on any atom is -0.328 e. The molecule has 1 aromatic rings. The van der Waals surface area contributed by atoms with E-state index in [1.165, 1.54) is 0 Å². The Hall–Kier alpha value is -1.39. The molecule has 1 aliphatic carbocycles. The van der Waals surface area contributed by atoms with E-state index in [1.54, 1.807) is 5.01 Å². The van der Waals surface area contributed by atoms with E-state index in [0.717, 1.165) is 31.2 Å². The van der Waals surface area contributed by atoms with Crippen LogP contribution in [0.5, 0.6) is 0 Å². The number of benzene rings is 1. The zero-order valence-electron chi connectivity index (χ0n) is 11.1. The van der Waals surface area contributed by atoms with Crippen LogP contribution in [-0.2, 0) is 11.3 Å². The molecule has 2 fully saturated rings. The first kappa shape index (κ1) is 12.6. The van der Waals surface area contributed by atoms with Crippen molar-refractivity contribution in [2.75, 3.05) is 0 Å². The number of hydrogen-bond donors (Lipinski definition) is 2. The van der Waals surface area contributed by atoms with Gasteiger partial charge in [0.25, 0.3) is 0 Å². The Morgan fingerprint density at radius 2 is 1.95 bits per heavy atom. The molecule has 1 heterocycles. The first-order valence-corrected chi connectivity index (χ1v) is 7.05. The van der Waals surface area contributed by atoms with Crippen LogP contribution in [0, 0.1) is 0 Å². The fourth-order valence-electron chi connectivity index (χ4n) is 3.15. The molecule has 4 nitrogen and oxygen atoms in total. The van der Waals surface area contributed by atoms with Gasteiger partial charge in [-0.2, -0.15) is 0 Å². The molecule has 0 aromatic heterocycles. The Morgan fingerprint density at radius 1 is 1.26 bits per heavy atom. The summed E-state index contributed by atoms with van der Waals surface area (Å²) < 4.78 is 0. The third-order valence-corrected chi connectivity index (χ3v) is 4.33. The fraction of sp³-hybridized carbons (Fsp3) is 0.533. The molecule has 3 rings (SSSR count). The molecule has 0 atom stereocenters. The first-order chi connectivity index (χ1) is 9.17. The molecule has 2 aliphatic rings. The third kappa shape index (κ3) is 2.65. The summed E-state index contributed by atoms with van der Waals surface area (Å²) in [6.07, 6.45) is 4.65. The van der Waals surface area contributed by atoms with Gasteiger partial charge < -0.3 is 5.73 Å². The van der Waals surface area contributed by atoms with E-state index < -0.39 is 0 Å². The number of rotatable bonds is 2. The molecule has 1 saturated carbocycles. The van der Waals surface area contributed by atoms with E-state index in [1.807, 2.05) is 18.2 Å². The van der Waals surface area contributed by atoms with E-state index in [2.05, 4.69) is 17.6 Å². The molecule has 0 bridgehead atoms. The maximum absolute atomic E-state index is 12.2. The van der Waals surface area contributed by atoms with Crippen LogP contribution in [0.3, 0.4) is 0 Å². The van der Waals surface area contributed by atoms with Crippen molar-refractivity contribution >= 4 is 5.91 Å². The zero-order valence-corrected chi connectivity index (χ0v) is 11.1. The predicted octanol–water partition coefficient (Wildman–Crippen LogP) is 1.56. The Morgan fingerprint density at radius 3 is 2.63 bits per heavy atom. The summed E-state index contributed by atoms with van der Waals surface area (Å²) in [7, 11) is 0. The molecule has 102 valence electrons. The standard InChI is InChI=1S/C15H21N3O/c16-13-6-8-15(9-7-13)10-14(19)18(17-15)11-12-4-2-1-3-5-12/h1-5,13,17H,6-11,16H2. The second-order valence-electron chi connectivity index (χ2n) is 5.87. The van der Waals surface area contributed by atoms with E-state index in [4.69, 9.17) is 5.73 Å². The summed E-state index contributed by atoms with van der Waals surface area (Å²) in [6.45, 7) is 0.646. The van der Waals surface area contributed by atoms with E-state index >= 15 is 0 Å². The Labute approximate surface area is 113 Å². The van der Waals surface area contributed by atoms with Crippen LogP contribution < -0.4 is 11.2 Å². The van der Waals surface area contributed by atoms with E-state index in [0.29, 0.717) is 19.0 Å². The summed E-state index contributed by atoms with van der Waals surface area (Å²) in [4.78, 5) is 12.2. The van der Waals surface area contributed by atoms with Gasteiger partial charge in [-0.15, -0.1) is 0 Å². The topological polar surface area (TPSA) is 58.4 Å². The Balaban J connectivity index is 1.67. The van der Waals surface area contributed by atoms with Crippen LogP contribution in [0.2, 0.25) is 0 Å². The number of carbonyl (C=O) groups excluding carboxylic acids is 1. The lowest BCUT2D eigenvalue weighted by Crippen LogP contribution is -2.49. The van der Waals surface area contributed by atoms with Gasteiger partial charge in [-0.25, -0.2) is 5.43 Å². The monoisotopic (exact) mass is 259 g/mol. The van der Waals surface area contributed by atoms with Crippen LogP contribution in [0.1, 0.15) is 37.7 Å². The molecule has 1 saturated heterocycles. The summed E-state index contributed by atoms with van der Waals surface area (Å²) in [5.74, 6) is 0.208. The normalized spacial score (nSPS) is 31.1. The van der Waals surface area contributed by atoms with Crippen molar-refractivity contribution in [3.05, 3.63) is 35.9 Å². The van der Waals surface area contributed by atoms with Gasteiger partial charge in [0, 0.05) is 18.0 Å². The Bertz CT molecular complexity index is 452. The van der Waals surface area contributed by atoms with Crippen molar-refractivity contribution in [1.82, 2.24) is 10.4 Å². The summed E-state index contributed by atoms with van der Waals surface area (Å²) in [5, 5.41) is 1.78. The lowest BCUT2D eigenvalue weighted by molar-refractivity contribution is -0.130. The average Bonchev–Trinajstić information content (AvgIpc) is 2.71. The maximum Gasteiger partial charge on any atom is 0.238 e. The molecule has 19 heavy (non-hydrogen) atoms.